The monoisotopic (exact) mass is 514 g/mol. The number of fused-ring (bicyclic) bond motifs is 1. The first-order valence-corrected chi connectivity index (χ1v) is 12.4. The number of ether oxygens (including phenoxy) is 3. The molecule has 8 nitrogen and oxygen atoms in total. The second kappa shape index (κ2) is 10.1. The third-order valence-corrected chi connectivity index (χ3v) is 6.99. The van der Waals surface area contributed by atoms with Gasteiger partial charge in [0.15, 0.2) is 11.5 Å². The van der Waals surface area contributed by atoms with E-state index in [0.717, 1.165) is 29.8 Å². The van der Waals surface area contributed by atoms with Crippen LogP contribution in [-0.2, 0) is 16.0 Å². The fourth-order valence-electron chi connectivity index (χ4n) is 5.01. The number of Topliss-reactive ketones (excluding diaryl/α,β-unsaturated/α-hetero) is 1. The van der Waals surface area contributed by atoms with Crippen molar-refractivity contribution in [3.8, 4) is 17.2 Å². The third-order valence-electron chi connectivity index (χ3n) is 6.99. The van der Waals surface area contributed by atoms with E-state index in [9.17, 15) is 14.7 Å². The van der Waals surface area contributed by atoms with Gasteiger partial charge in [-0.25, -0.2) is 0 Å². The van der Waals surface area contributed by atoms with Crippen LogP contribution in [0.25, 0.3) is 5.76 Å². The van der Waals surface area contributed by atoms with Crippen LogP contribution in [0.15, 0.2) is 66.2 Å². The summed E-state index contributed by atoms with van der Waals surface area (Å²) in [5.41, 5.74) is 3.51. The Morgan fingerprint density at radius 1 is 0.974 bits per heavy atom. The minimum absolute atomic E-state index is 0.00980. The van der Waals surface area contributed by atoms with Gasteiger partial charge >= 0.3 is 0 Å². The van der Waals surface area contributed by atoms with Gasteiger partial charge in [0.05, 0.1) is 32.4 Å². The lowest BCUT2D eigenvalue weighted by molar-refractivity contribution is -0.132. The molecule has 2 aliphatic heterocycles. The zero-order valence-electron chi connectivity index (χ0n) is 21.9. The molecule has 38 heavy (non-hydrogen) atoms. The zero-order chi connectivity index (χ0) is 27.0. The normalized spacial score (nSPS) is 18.1. The van der Waals surface area contributed by atoms with Crippen molar-refractivity contribution in [3.05, 3.63) is 82.9 Å². The van der Waals surface area contributed by atoms with Crippen molar-refractivity contribution in [1.29, 1.82) is 0 Å². The summed E-state index contributed by atoms with van der Waals surface area (Å²) < 4.78 is 16.6. The molecule has 2 heterocycles. The number of aliphatic hydroxyl groups is 1. The largest absolute Gasteiger partial charge is 0.507 e. The van der Waals surface area contributed by atoms with Crippen LogP contribution in [0.4, 0.5) is 11.4 Å². The summed E-state index contributed by atoms with van der Waals surface area (Å²) in [6.45, 7) is 0.648. The zero-order valence-corrected chi connectivity index (χ0v) is 21.9. The highest BCUT2D eigenvalue weighted by molar-refractivity contribution is 6.51. The average molecular weight is 515 g/mol. The minimum atomic E-state index is -0.882. The molecule has 0 saturated carbocycles. The van der Waals surface area contributed by atoms with Gasteiger partial charge in [-0.3, -0.25) is 14.5 Å². The van der Waals surface area contributed by atoms with Gasteiger partial charge in [-0.05, 0) is 78.6 Å². The number of carbonyl (C=O) groups is 2. The van der Waals surface area contributed by atoms with Crippen LogP contribution < -0.4 is 24.0 Å². The van der Waals surface area contributed by atoms with Gasteiger partial charge in [-0.15, -0.1) is 0 Å². The SMILES string of the molecule is COc1ccc(C2/C(=C(\O)c3ccc4c(c3)CCCO4)C(=O)C(=O)N2c2ccc(N(C)C)cc2)cc1OC. The number of hydrogen-bond donors (Lipinski definition) is 1. The lowest BCUT2D eigenvalue weighted by Gasteiger charge is -2.26. The predicted octanol–water partition coefficient (Wildman–Crippen LogP) is 4.72. The summed E-state index contributed by atoms with van der Waals surface area (Å²) in [5, 5.41) is 11.5. The molecule has 0 aliphatic carbocycles. The number of ketones is 1. The highest BCUT2D eigenvalue weighted by atomic mass is 16.5. The topological polar surface area (TPSA) is 88.5 Å². The Kier molecular flexibility index (Phi) is 6.72. The van der Waals surface area contributed by atoms with Crippen molar-refractivity contribution >= 4 is 28.8 Å². The Balaban J connectivity index is 1.69. The fourth-order valence-corrected chi connectivity index (χ4v) is 5.01. The molecule has 196 valence electrons. The molecule has 3 aromatic carbocycles. The number of amides is 1. The summed E-state index contributed by atoms with van der Waals surface area (Å²) in [4.78, 5) is 30.4. The molecule has 0 bridgehead atoms. The van der Waals surface area contributed by atoms with E-state index < -0.39 is 17.7 Å². The molecule has 0 spiro atoms. The number of rotatable bonds is 6. The van der Waals surface area contributed by atoms with Crippen molar-refractivity contribution in [2.75, 3.05) is 44.7 Å². The summed E-state index contributed by atoms with van der Waals surface area (Å²) in [6.07, 6.45) is 1.68. The lowest BCUT2D eigenvalue weighted by atomic mass is 9.93. The number of methoxy groups -OCH3 is 2. The Bertz CT molecular complexity index is 1430. The summed E-state index contributed by atoms with van der Waals surface area (Å²) in [6, 6.07) is 17.0. The average Bonchev–Trinajstić information content (AvgIpc) is 3.21. The Morgan fingerprint density at radius 2 is 1.71 bits per heavy atom. The second-order valence-corrected chi connectivity index (χ2v) is 9.47. The lowest BCUT2D eigenvalue weighted by Crippen LogP contribution is -2.29. The van der Waals surface area contributed by atoms with Gasteiger partial charge in [0, 0.05) is 31.0 Å². The van der Waals surface area contributed by atoms with Gasteiger partial charge in [-0.1, -0.05) is 6.07 Å². The number of aliphatic hydroxyl groups excluding tert-OH is 1. The Labute approximate surface area is 221 Å². The maximum atomic E-state index is 13.5. The van der Waals surface area contributed by atoms with Crippen LogP contribution in [-0.4, -0.2) is 51.7 Å². The number of nitrogens with zero attached hydrogens (tertiary/aromatic N) is 2. The van der Waals surface area contributed by atoms with Crippen molar-refractivity contribution in [2.24, 2.45) is 0 Å². The molecule has 3 aromatic rings. The van der Waals surface area contributed by atoms with Crippen LogP contribution in [0.3, 0.4) is 0 Å². The van der Waals surface area contributed by atoms with Crippen LogP contribution in [0.2, 0.25) is 0 Å². The Hall–Kier alpha value is -4.46. The van der Waals surface area contributed by atoms with Crippen molar-refractivity contribution < 1.29 is 28.9 Å². The first-order valence-electron chi connectivity index (χ1n) is 12.4. The Morgan fingerprint density at radius 3 is 2.39 bits per heavy atom. The molecular weight excluding hydrogens is 484 g/mol. The standard InChI is InChI=1S/C30H30N2O6/c1-31(2)21-9-11-22(12-10-21)32-27(19-7-14-24(36-3)25(17-19)37-4)26(29(34)30(32)35)28(33)20-8-13-23-18(16-20)6-5-15-38-23/h7-14,16-17,27,33H,5-6,15H2,1-4H3/b28-26+. The van der Waals surface area contributed by atoms with E-state index in [4.69, 9.17) is 14.2 Å². The van der Waals surface area contributed by atoms with Gasteiger partial charge in [0.25, 0.3) is 11.7 Å². The number of carbonyl (C=O) groups excluding carboxylic acids is 2. The molecule has 2 aliphatic rings. The molecule has 5 rings (SSSR count). The maximum absolute atomic E-state index is 13.5. The van der Waals surface area contributed by atoms with Crippen molar-refractivity contribution in [1.82, 2.24) is 0 Å². The smallest absolute Gasteiger partial charge is 0.300 e. The summed E-state index contributed by atoms with van der Waals surface area (Å²) in [5.74, 6) is 0.0236. The molecule has 0 radical (unpaired) electrons. The van der Waals surface area contributed by atoms with E-state index in [0.29, 0.717) is 34.9 Å². The van der Waals surface area contributed by atoms with Crippen LogP contribution in [0, 0.1) is 0 Å². The van der Waals surface area contributed by atoms with Crippen LogP contribution in [0.5, 0.6) is 17.2 Å². The van der Waals surface area contributed by atoms with E-state index in [2.05, 4.69) is 0 Å². The van der Waals surface area contributed by atoms with E-state index in [1.807, 2.05) is 37.2 Å². The first kappa shape index (κ1) is 25.2. The fraction of sp³-hybridized carbons (Fsp3) is 0.267. The summed E-state index contributed by atoms with van der Waals surface area (Å²) >= 11 is 0. The van der Waals surface area contributed by atoms with E-state index in [1.54, 1.807) is 42.5 Å². The van der Waals surface area contributed by atoms with E-state index >= 15 is 0 Å². The predicted molar refractivity (Wildman–Crippen MR) is 145 cm³/mol. The minimum Gasteiger partial charge on any atom is -0.507 e. The molecule has 1 N–H and O–H groups in total. The highest BCUT2D eigenvalue weighted by Gasteiger charge is 2.47. The van der Waals surface area contributed by atoms with Crippen LogP contribution >= 0.6 is 0 Å². The second-order valence-electron chi connectivity index (χ2n) is 9.47. The molecule has 1 unspecified atom stereocenters. The molecule has 1 amide bonds. The molecular formula is C30H30N2O6. The van der Waals surface area contributed by atoms with E-state index in [1.165, 1.54) is 19.1 Å². The molecule has 1 saturated heterocycles. The molecule has 1 atom stereocenters. The molecule has 1 fully saturated rings. The number of anilines is 2. The number of benzene rings is 3. The van der Waals surface area contributed by atoms with E-state index in [-0.39, 0.29) is 11.3 Å². The maximum Gasteiger partial charge on any atom is 0.300 e. The number of aryl methyl sites for hydroxylation is 1. The summed E-state index contributed by atoms with van der Waals surface area (Å²) in [7, 11) is 6.91. The molecule has 8 heteroatoms. The molecule has 0 aromatic heterocycles. The highest BCUT2D eigenvalue weighted by Crippen LogP contribution is 2.44. The van der Waals surface area contributed by atoms with Crippen LogP contribution in [0.1, 0.15) is 29.2 Å². The van der Waals surface area contributed by atoms with Crippen molar-refractivity contribution in [3.63, 3.8) is 0 Å². The quantitative estimate of drug-likeness (QED) is 0.289. The van der Waals surface area contributed by atoms with Gasteiger partial charge in [0.1, 0.15) is 11.5 Å². The van der Waals surface area contributed by atoms with Gasteiger partial charge in [0.2, 0.25) is 0 Å². The van der Waals surface area contributed by atoms with Gasteiger partial charge < -0.3 is 24.2 Å². The third kappa shape index (κ3) is 4.32. The van der Waals surface area contributed by atoms with Crippen molar-refractivity contribution in [2.45, 2.75) is 18.9 Å². The first-order chi connectivity index (χ1) is 18.3. The van der Waals surface area contributed by atoms with Gasteiger partial charge in [-0.2, -0.15) is 0 Å². The number of hydrogen-bond acceptors (Lipinski definition) is 7.